The quantitative estimate of drug-likeness (QED) is 0.140. The van der Waals surface area contributed by atoms with Crippen molar-refractivity contribution < 1.29 is 28.7 Å². The fourth-order valence-electron chi connectivity index (χ4n) is 7.57. The number of aromatic amines is 2. The molecule has 54 heavy (non-hydrogen) atoms. The number of carbonyl (C=O) groups is 4. The highest BCUT2D eigenvalue weighted by atomic mass is 16.5. The van der Waals surface area contributed by atoms with Crippen LogP contribution in [0.3, 0.4) is 0 Å². The minimum Gasteiger partial charge on any atom is -0.453 e. The average Bonchev–Trinajstić information content (AvgIpc) is 4.00. The topological polar surface area (TPSA) is 175 Å². The molecule has 2 aliphatic heterocycles. The van der Waals surface area contributed by atoms with Crippen LogP contribution in [-0.2, 0) is 31.9 Å². The van der Waals surface area contributed by atoms with Crippen LogP contribution in [0.15, 0.2) is 48.7 Å². The lowest BCUT2D eigenvalue weighted by atomic mass is 10.0. The first-order chi connectivity index (χ1) is 26.0. The predicted octanol–water partition coefficient (Wildman–Crippen LogP) is 5.83. The lowest BCUT2D eigenvalue weighted by Crippen LogP contribution is -2.51. The maximum absolute atomic E-state index is 13.6. The van der Waals surface area contributed by atoms with Crippen LogP contribution in [0.4, 0.5) is 9.59 Å². The average molecular weight is 741 g/mol. The summed E-state index contributed by atoms with van der Waals surface area (Å²) < 4.78 is 9.51. The number of methoxy groups -OCH3 is 2. The number of nitrogens with one attached hydrogen (secondary N) is 4. The van der Waals surface area contributed by atoms with Gasteiger partial charge in [0.05, 0.1) is 37.3 Å². The molecule has 2 aromatic heterocycles. The Bertz CT molecular complexity index is 1950. The molecular formula is C40H52N8O6. The fourth-order valence-corrected chi connectivity index (χ4v) is 7.57. The summed E-state index contributed by atoms with van der Waals surface area (Å²) in [5.41, 5.74) is 6.07. The Morgan fingerprint density at radius 1 is 0.759 bits per heavy atom. The van der Waals surface area contributed by atoms with E-state index in [-0.39, 0.29) is 35.7 Å². The molecule has 288 valence electrons. The van der Waals surface area contributed by atoms with Gasteiger partial charge in [-0.1, -0.05) is 58.0 Å². The molecule has 6 rings (SSSR count). The third-order valence-electron chi connectivity index (χ3n) is 10.6. The molecule has 4 heterocycles. The molecule has 0 spiro atoms. The molecule has 14 heteroatoms. The van der Waals surface area contributed by atoms with E-state index < -0.39 is 24.3 Å². The van der Waals surface area contributed by atoms with E-state index in [1.165, 1.54) is 19.8 Å². The largest absolute Gasteiger partial charge is 0.453 e. The second-order valence-electron chi connectivity index (χ2n) is 14.9. The summed E-state index contributed by atoms with van der Waals surface area (Å²) in [4.78, 5) is 71.0. The molecule has 2 aliphatic rings. The summed E-state index contributed by atoms with van der Waals surface area (Å²) in [5, 5.41) is 5.40. The minimum absolute atomic E-state index is 0.0906. The maximum atomic E-state index is 13.6. The number of imidazole rings is 2. The molecule has 2 aromatic carbocycles. The van der Waals surface area contributed by atoms with Gasteiger partial charge in [-0.05, 0) is 79.2 Å². The minimum atomic E-state index is -0.684. The lowest BCUT2D eigenvalue weighted by Gasteiger charge is -2.30. The van der Waals surface area contributed by atoms with Gasteiger partial charge in [-0.15, -0.1) is 0 Å². The van der Waals surface area contributed by atoms with E-state index in [1.807, 2.05) is 49.8 Å². The summed E-state index contributed by atoms with van der Waals surface area (Å²) >= 11 is 0. The van der Waals surface area contributed by atoms with E-state index in [0.717, 1.165) is 78.0 Å². The van der Waals surface area contributed by atoms with Gasteiger partial charge in [-0.25, -0.2) is 19.6 Å². The van der Waals surface area contributed by atoms with Crippen molar-refractivity contribution in [3.63, 3.8) is 0 Å². The Hall–Kier alpha value is -5.40. The predicted molar refractivity (Wildman–Crippen MR) is 203 cm³/mol. The van der Waals surface area contributed by atoms with Gasteiger partial charge in [0.1, 0.15) is 23.7 Å². The molecule has 0 saturated carbocycles. The Kier molecular flexibility index (Phi) is 11.9. The van der Waals surface area contributed by atoms with Crippen LogP contribution in [0.5, 0.6) is 0 Å². The third kappa shape index (κ3) is 8.37. The summed E-state index contributed by atoms with van der Waals surface area (Å²) in [6.45, 7) is 8.84. The van der Waals surface area contributed by atoms with Crippen LogP contribution in [0.1, 0.15) is 88.4 Å². The van der Waals surface area contributed by atoms with E-state index in [9.17, 15) is 19.2 Å². The number of nitrogens with zero attached hydrogens (tertiary/aromatic N) is 4. The van der Waals surface area contributed by atoms with Gasteiger partial charge in [0.25, 0.3) is 0 Å². The van der Waals surface area contributed by atoms with Crippen molar-refractivity contribution >= 4 is 35.0 Å². The van der Waals surface area contributed by atoms with Crippen molar-refractivity contribution in [2.24, 2.45) is 11.8 Å². The fraction of sp³-hybridized carbons (Fsp3) is 0.500. The smallest absolute Gasteiger partial charge is 0.407 e. The Morgan fingerprint density at radius 2 is 1.31 bits per heavy atom. The number of alkyl carbamates (subject to hydrolysis) is 2. The molecule has 2 fully saturated rings. The molecule has 1 unspecified atom stereocenters. The van der Waals surface area contributed by atoms with Crippen molar-refractivity contribution in [1.82, 2.24) is 40.4 Å². The second-order valence-corrected chi connectivity index (χ2v) is 14.9. The van der Waals surface area contributed by atoms with E-state index >= 15 is 0 Å². The number of benzene rings is 2. The number of hydrogen-bond acceptors (Lipinski definition) is 8. The summed E-state index contributed by atoms with van der Waals surface area (Å²) in [6.07, 6.45) is 5.52. The number of amides is 4. The first-order valence-electron chi connectivity index (χ1n) is 18.9. The van der Waals surface area contributed by atoms with Crippen molar-refractivity contribution in [3.8, 4) is 11.1 Å². The standard InChI is InChI=1S/C40H52N8O6/c1-23(2)33(45-39(51)53-5)37(49)47-19-7-9-31(47)35-41-22-28(42-35)17-13-25-11-14-26(15-12-25)27-16-18-29-30(21-27)44-36(43-29)32-10-8-20-48(32)38(50)34(24(3)4)46-40(52)54-6/h11-12,14-16,18,21-24,31-34H,7-10,13,17,19-20H2,1-6H3,(H,41,42)(H,43,44)(H,45,51)(H,46,52)/t31-,32+,33+,34?/m0/s1. The van der Waals surface area contributed by atoms with Gasteiger partial charge in [0, 0.05) is 25.0 Å². The molecule has 2 saturated heterocycles. The number of carbonyl (C=O) groups excluding carboxylic acids is 4. The molecular weight excluding hydrogens is 688 g/mol. The maximum Gasteiger partial charge on any atom is 0.407 e. The van der Waals surface area contributed by atoms with Crippen LogP contribution in [0, 0.1) is 11.8 Å². The molecule has 4 aromatic rings. The second kappa shape index (κ2) is 16.7. The van der Waals surface area contributed by atoms with Gasteiger partial charge < -0.3 is 39.9 Å². The van der Waals surface area contributed by atoms with E-state index in [4.69, 9.17) is 14.5 Å². The Balaban J connectivity index is 1.08. The lowest BCUT2D eigenvalue weighted by molar-refractivity contribution is -0.136. The van der Waals surface area contributed by atoms with Crippen molar-refractivity contribution in [2.75, 3.05) is 27.3 Å². The van der Waals surface area contributed by atoms with Crippen molar-refractivity contribution in [3.05, 3.63) is 71.6 Å². The summed E-state index contributed by atoms with van der Waals surface area (Å²) in [6, 6.07) is 13.0. The van der Waals surface area contributed by atoms with Crippen molar-refractivity contribution in [1.29, 1.82) is 0 Å². The SMILES string of the molecule is COC(=O)NC(C(=O)N1CCC[C@@H]1c1nc2ccc(-c3ccc(CCc4cnc([C@@H]5CCCN5C(=O)[C@H](NC(=O)OC)C(C)C)[nH]4)cc3)cc2[nH]1)C(C)C. The Labute approximate surface area is 315 Å². The van der Waals surface area contributed by atoms with Gasteiger partial charge >= 0.3 is 12.2 Å². The van der Waals surface area contributed by atoms with E-state index in [0.29, 0.717) is 13.1 Å². The zero-order chi connectivity index (χ0) is 38.5. The molecule has 0 aliphatic carbocycles. The van der Waals surface area contributed by atoms with Crippen LogP contribution in [0.25, 0.3) is 22.2 Å². The third-order valence-corrected chi connectivity index (χ3v) is 10.6. The number of H-pyrrole nitrogens is 2. The molecule has 4 atom stereocenters. The molecule has 0 radical (unpaired) electrons. The monoisotopic (exact) mass is 740 g/mol. The van der Waals surface area contributed by atoms with Gasteiger partial charge in [0.2, 0.25) is 11.8 Å². The number of likely N-dealkylation sites (tertiary alicyclic amines) is 2. The number of hydrogen-bond donors (Lipinski definition) is 4. The van der Waals surface area contributed by atoms with Gasteiger partial charge in [0.15, 0.2) is 0 Å². The number of ether oxygens (including phenoxy) is 2. The molecule has 14 nitrogen and oxygen atoms in total. The first kappa shape index (κ1) is 38.3. The highest BCUT2D eigenvalue weighted by Gasteiger charge is 2.39. The number of aromatic nitrogens is 4. The highest BCUT2D eigenvalue weighted by molar-refractivity contribution is 5.87. The molecule has 4 amide bonds. The molecule has 4 N–H and O–H groups in total. The van der Waals surface area contributed by atoms with Crippen LogP contribution in [0.2, 0.25) is 0 Å². The number of fused-ring (bicyclic) bond motifs is 1. The van der Waals surface area contributed by atoms with Gasteiger partial charge in [-0.3, -0.25) is 9.59 Å². The number of aryl methyl sites for hydroxylation is 2. The van der Waals surface area contributed by atoms with Crippen LogP contribution >= 0.6 is 0 Å². The Morgan fingerprint density at radius 3 is 1.87 bits per heavy atom. The summed E-state index contributed by atoms with van der Waals surface area (Å²) in [7, 11) is 2.59. The van der Waals surface area contributed by atoms with Crippen LogP contribution < -0.4 is 10.6 Å². The van der Waals surface area contributed by atoms with Crippen LogP contribution in [-0.4, -0.2) is 93.1 Å². The highest BCUT2D eigenvalue weighted by Crippen LogP contribution is 2.34. The number of rotatable bonds is 12. The van der Waals surface area contributed by atoms with E-state index in [1.54, 1.807) is 0 Å². The van der Waals surface area contributed by atoms with Crippen molar-refractivity contribution in [2.45, 2.75) is 90.4 Å². The normalized spacial score (nSPS) is 18.3. The van der Waals surface area contributed by atoms with Gasteiger partial charge in [-0.2, -0.15) is 0 Å². The summed E-state index contributed by atoms with van der Waals surface area (Å²) in [5.74, 6) is 1.06. The molecule has 0 bridgehead atoms. The van der Waals surface area contributed by atoms with E-state index in [2.05, 4.69) is 62.0 Å². The zero-order valence-electron chi connectivity index (χ0n) is 32.0. The first-order valence-corrected chi connectivity index (χ1v) is 18.9. The zero-order valence-corrected chi connectivity index (χ0v) is 32.0.